The Morgan fingerprint density at radius 1 is 1.12 bits per heavy atom. The number of benzene rings is 1. The Morgan fingerprint density at radius 3 is 2.88 bits per heavy atom. The summed E-state index contributed by atoms with van der Waals surface area (Å²) in [7, 11) is 0. The molecule has 0 unspecified atom stereocenters. The van der Waals surface area contributed by atoms with Crippen molar-refractivity contribution >= 4 is 32.5 Å². The van der Waals surface area contributed by atoms with Crippen LogP contribution in [0.2, 0.25) is 0 Å². The normalized spacial score (nSPS) is 15.5. The van der Waals surface area contributed by atoms with Crippen molar-refractivity contribution in [2.75, 3.05) is 10.6 Å². The number of rotatable bonds is 5. The predicted molar refractivity (Wildman–Crippen MR) is 99.5 cm³/mol. The molecule has 1 fully saturated rings. The van der Waals surface area contributed by atoms with E-state index in [1.807, 2.05) is 0 Å². The van der Waals surface area contributed by atoms with Crippen molar-refractivity contribution in [3.63, 3.8) is 0 Å². The molecule has 0 spiro atoms. The van der Waals surface area contributed by atoms with Crippen molar-refractivity contribution in [1.29, 1.82) is 0 Å². The molecule has 0 radical (unpaired) electrons. The molecule has 0 atom stereocenters. The Kier molecular flexibility index (Phi) is 4.55. The minimum atomic E-state index is 0.595. The van der Waals surface area contributed by atoms with Gasteiger partial charge in [0.25, 0.3) is 0 Å². The van der Waals surface area contributed by atoms with Gasteiger partial charge in [-0.1, -0.05) is 36.7 Å². The third kappa shape index (κ3) is 3.64. The van der Waals surface area contributed by atoms with Crippen molar-refractivity contribution in [1.82, 2.24) is 15.0 Å². The molecule has 4 rings (SSSR count). The largest absolute Gasteiger partial charge is 0.365 e. The maximum atomic E-state index is 4.73. The Balaban J connectivity index is 1.44. The minimum absolute atomic E-state index is 0.595. The first-order chi connectivity index (χ1) is 11.9. The van der Waals surface area contributed by atoms with Crippen molar-refractivity contribution < 1.29 is 0 Å². The van der Waals surface area contributed by atoms with Crippen molar-refractivity contribution in [2.24, 2.45) is 0 Å². The second-order valence-electron chi connectivity index (χ2n) is 6.24. The zero-order chi connectivity index (χ0) is 16.2. The standard InChI is InChI=1S/C18H21N5S/c1-2-4-14(5-3-1)22-18-23-15-7-6-13(10-16(15)24-18)11-21-17-12-19-8-9-20-17/h6-10,12,14H,1-5,11H2,(H,20,21)(H,22,23). The number of nitrogens with one attached hydrogen (secondary N) is 2. The highest BCUT2D eigenvalue weighted by atomic mass is 32.1. The molecule has 0 aliphatic heterocycles. The number of hydrogen-bond donors (Lipinski definition) is 2. The predicted octanol–water partition coefficient (Wildman–Crippen LogP) is 4.44. The number of thiazole rings is 1. The Bertz CT molecular complexity index is 796. The zero-order valence-electron chi connectivity index (χ0n) is 13.5. The van der Waals surface area contributed by atoms with Gasteiger partial charge in [-0.05, 0) is 30.5 Å². The molecule has 0 saturated heterocycles. The number of nitrogens with zero attached hydrogens (tertiary/aromatic N) is 3. The first kappa shape index (κ1) is 15.3. The number of anilines is 2. The highest BCUT2D eigenvalue weighted by Gasteiger charge is 2.15. The second kappa shape index (κ2) is 7.13. The van der Waals surface area contributed by atoms with Gasteiger partial charge in [0.1, 0.15) is 5.82 Å². The van der Waals surface area contributed by atoms with Gasteiger partial charge in [0.2, 0.25) is 0 Å². The average Bonchev–Trinajstić information content (AvgIpc) is 3.03. The van der Waals surface area contributed by atoms with Crippen LogP contribution in [0.5, 0.6) is 0 Å². The van der Waals surface area contributed by atoms with Crippen LogP contribution in [0, 0.1) is 0 Å². The second-order valence-corrected chi connectivity index (χ2v) is 7.28. The molecule has 2 heterocycles. The van der Waals surface area contributed by atoms with E-state index in [0.717, 1.165) is 23.0 Å². The fourth-order valence-corrected chi connectivity index (χ4v) is 4.15. The molecular weight excluding hydrogens is 318 g/mol. The third-order valence-corrected chi connectivity index (χ3v) is 5.37. The van der Waals surface area contributed by atoms with Gasteiger partial charge in [0.05, 0.1) is 16.4 Å². The molecule has 2 aromatic heterocycles. The molecule has 1 aromatic carbocycles. The molecule has 6 heteroatoms. The number of aromatic nitrogens is 3. The van der Waals surface area contributed by atoms with Gasteiger partial charge < -0.3 is 10.6 Å². The molecule has 0 bridgehead atoms. The van der Waals surface area contributed by atoms with E-state index in [0.29, 0.717) is 6.04 Å². The van der Waals surface area contributed by atoms with Crippen LogP contribution in [0.15, 0.2) is 36.8 Å². The maximum absolute atomic E-state index is 4.73. The van der Waals surface area contributed by atoms with Gasteiger partial charge >= 0.3 is 0 Å². The van der Waals surface area contributed by atoms with E-state index >= 15 is 0 Å². The van der Waals surface area contributed by atoms with Crippen LogP contribution in [0.3, 0.4) is 0 Å². The number of hydrogen-bond acceptors (Lipinski definition) is 6. The van der Waals surface area contributed by atoms with Crippen LogP contribution in [0.1, 0.15) is 37.7 Å². The van der Waals surface area contributed by atoms with Crippen LogP contribution in [0.25, 0.3) is 10.2 Å². The lowest BCUT2D eigenvalue weighted by Crippen LogP contribution is -2.21. The van der Waals surface area contributed by atoms with Gasteiger partial charge in [-0.2, -0.15) is 0 Å². The third-order valence-electron chi connectivity index (χ3n) is 4.42. The summed E-state index contributed by atoms with van der Waals surface area (Å²) in [5.41, 5.74) is 2.29. The quantitative estimate of drug-likeness (QED) is 0.719. The topological polar surface area (TPSA) is 62.7 Å². The highest BCUT2D eigenvalue weighted by molar-refractivity contribution is 7.22. The number of fused-ring (bicyclic) bond motifs is 1. The van der Waals surface area contributed by atoms with Gasteiger partial charge in [-0.25, -0.2) is 9.97 Å². The maximum Gasteiger partial charge on any atom is 0.184 e. The van der Waals surface area contributed by atoms with E-state index < -0.39 is 0 Å². The summed E-state index contributed by atoms with van der Waals surface area (Å²) < 4.78 is 1.23. The van der Waals surface area contributed by atoms with Crippen molar-refractivity contribution in [3.05, 3.63) is 42.4 Å². The zero-order valence-corrected chi connectivity index (χ0v) is 14.4. The van der Waals surface area contributed by atoms with Gasteiger partial charge in [0.15, 0.2) is 5.13 Å². The summed E-state index contributed by atoms with van der Waals surface area (Å²) in [5.74, 6) is 0.793. The Morgan fingerprint density at radius 2 is 2.04 bits per heavy atom. The van der Waals surface area contributed by atoms with Gasteiger partial charge in [0, 0.05) is 25.0 Å². The molecule has 3 aromatic rings. The van der Waals surface area contributed by atoms with Crippen LogP contribution in [-0.4, -0.2) is 21.0 Å². The molecule has 124 valence electrons. The smallest absolute Gasteiger partial charge is 0.184 e. The van der Waals surface area contributed by atoms with Crippen molar-refractivity contribution in [2.45, 2.75) is 44.7 Å². The fraction of sp³-hybridized carbons (Fsp3) is 0.389. The fourth-order valence-electron chi connectivity index (χ4n) is 3.15. The van der Waals surface area contributed by atoms with Crippen LogP contribution in [-0.2, 0) is 6.54 Å². The van der Waals surface area contributed by atoms with Crippen LogP contribution < -0.4 is 10.6 Å². The van der Waals surface area contributed by atoms with Crippen molar-refractivity contribution in [3.8, 4) is 0 Å². The summed E-state index contributed by atoms with van der Waals surface area (Å²) in [4.78, 5) is 13.0. The summed E-state index contributed by atoms with van der Waals surface area (Å²) in [5, 5.41) is 7.97. The SMILES string of the molecule is c1cnc(NCc2ccc3nc(NC4CCCCC4)sc3c2)cn1. The first-order valence-corrected chi connectivity index (χ1v) is 9.34. The molecule has 0 amide bonds. The summed E-state index contributed by atoms with van der Waals surface area (Å²) >= 11 is 1.75. The molecule has 2 N–H and O–H groups in total. The van der Waals surface area contributed by atoms with Crippen LogP contribution >= 0.6 is 11.3 Å². The van der Waals surface area contributed by atoms with E-state index in [-0.39, 0.29) is 0 Å². The molecule has 24 heavy (non-hydrogen) atoms. The monoisotopic (exact) mass is 339 g/mol. The molecule has 1 aliphatic carbocycles. The van der Waals surface area contributed by atoms with E-state index in [2.05, 4.69) is 38.8 Å². The van der Waals surface area contributed by atoms with Gasteiger partial charge in [-0.15, -0.1) is 0 Å². The summed E-state index contributed by atoms with van der Waals surface area (Å²) in [6, 6.07) is 7.03. The van der Waals surface area contributed by atoms with E-state index in [1.54, 1.807) is 29.9 Å². The molecule has 1 saturated carbocycles. The lowest BCUT2D eigenvalue weighted by Gasteiger charge is -2.22. The lowest BCUT2D eigenvalue weighted by atomic mass is 9.96. The summed E-state index contributed by atoms with van der Waals surface area (Å²) in [6.45, 7) is 0.734. The Hall–Kier alpha value is -2.21. The molecule has 1 aliphatic rings. The molecule has 5 nitrogen and oxygen atoms in total. The van der Waals surface area contributed by atoms with E-state index in [9.17, 15) is 0 Å². The molecular formula is C18H21N5S. The van der Waals surface area contributed by atoms with E-state index in [4.69, 9.17) is 4.98 Å². The highest BCUT2D eigenvalue weighted by Crippen LogP contribution is 2.29. The Labute approximate surface area is 145 Å². The first-order valence-electron chi connectivity index (χ1n) is 8.53. The van der Waals surface area contributed by atoms with Gasteiger partial charge in [-0.3, -0.25) is 4.98 Å². The average molecular weight is 339 g/mol. The van der Waals surface area contributed by atoms with Crippen LogP contribution in [0.4, 0.5) is 10.9 Å². The summed E-state index contributed by atoms with van der Waals surface area (Å²) in [6.07, 6.45) is 11.7. The van der Waals surface area contributed by atoms with E-state index in [1.165, 1.54) is 42.4 Å². The lowest BCUT2D eigenvalue weighted by molar-refractivity contribution is 0.462. The minimum Gasteiger partial charge on any atom is -0.365 e.